The third-order valence-electron chi connectivity index (χ3n) is 3.77. The largest absolute Gasteiger partial charge is 0.384 e. The Kier molecular flexibility index (Phi) is 4.66. The van der Waals surface area contributed by atoms with Crippen LogP contribution in [0.2, 0.25) is 5.02 Å². The zero-order valence-corrected chi connectivity index (χ0v) is 13.3. The molecule has 2 aromatic rings. The van der Waals surface area contributed by atoms with Gasteiger partial charge in [-0.3, -0.25) is 0 Å². The van der Waals surface area contributed by atoms with Crippen LogP contribution in [-0.2, 0) is 5.75 Å². The van der Waals surface area contributed by atoms with Gasteiger partial charge in [-0.25, -0.2) is 9.97 Å². The molecule has 0 saturated heterocycles. The summed E-state index contributed by atoms with van der Waals surface area (Å²) in [5.74, 6) is 2.69. The highest BCUT2D eigenvalue weighted by molar-refractivity contribution is 7.98. The quantitative estimate of drug-likeness (QED) is 0.832. The minimum absolute atomic E-state index is 0.564. The van der Waals surface area contributed by atoms with Crippen LogP contribution >= 0.6 is 23.4 Å². The van der Waals surface area contributed by atoms with Crippen molar-refractivity contribution in [3.05, 3.63) is 46.9 Å². The van der Waals surface area contributed by atoms with Crippen molar-refractivity contribution in [3.8, 4) is 0 Å². The lowest BCUT2D eigenvalue weighted by atomic mass is 10.0. The topological polar surface area (TPSA) is 51.8 Å². The Balaban J connectivity index is 1.71. The van der Waals surface area contributed by atoms with Crippen molar-refractivity contribution in [2.75, 3.05) is 5.73 Å². The second-order valence-electron chi connectivity index (χ2n) is 5.36. The van der Waals surface area contributed by atoms with Crippen molar-refractivity contribution in [2.24, 2.45) is 0 Å². The molecule has 1 fully saturated rings. The molecule has 0 radical (unpaired) electrons. The van der Waals surface area contributed by atoms with Gasteiger partial charge in [0.25, 0.3) is 0 Å². The van der Waals surface area contributed by atoms with Gasteiger partial charge in [0.15, 0.2) is 0 Å². The van der Waals surface area contributed by atoms with Gasteiger partial charge in [0.05, 0.1) is 5.75 Å². The normalized spacial score (nSPS) is 15.5. The van der Waals surface area contributed by atoms with E-state index in [0.29, 0.717) is 11.7 Å². The fourth-order valence-corrected chi connectivity index (χ4v) is 3.59. The molecule has 1 aliphatic carbocycles. The van der Waals surface area contributed by atoms with Crippen LogP contribution < -0.4 is 5.73 Å². The number of nitrogen functional groups attached to an aromatic ring is 1. The first-order valence-corrected chi connectivity index (χ1v) is 8.59. The summed E-state index contributed by atoms with van der Waals surface area (Å²) < 4.78 is 0. The standard InChI is InChI=1S/C16H18ClN3S/c17-12-5-7-13(8-6-12)21-10-16-19-14(9-15(18)20-16)11-3-1-2-4-11/h5-9,11H,1-4,10H2,(H2,18,19,20). The van der Waals surface area contributed by atoms with Crippen molar-refractivity contribution in [3.63, 3.8) is 0 Å². The molecule has 3 rings (SSSR count). The van der Waals surface area contributed by atoms with Crippen LogP contribution in [0.25, 0.3) is 0 Å². The van der Waals surface area contributed by atoms with Crippen molar-refractivity contribution in [2.45, 2.75) is 42.2 Å². The molecule has 0 amide bonds. The molecule has 1 aromatic heterocycles. The maximum Gasteiger partial charge on any atom is 0.141 e. The maximum absolute atomic E-state index is 5.94. The van der Waals surface area contributed by atoms with Crippen LogP contribution in [0.3, 0.4) is 0 Å². The summed E-state index contributed by atoms with van der Waals surface area (Å²) in [6.07, 6.45) is 5.04. The van der Waals surface area contributed by atoms with E-state index in [1.54, 1.807) is 11.8 Å². The van der Waals surface area contributed by atoms with Crippen LogP contribution in [0.15, 0.2) is 35.2 Å². The lowest BCUT2D eigenvalue weighted by Gasteiger charge is -2.11. The monoisotopic (exact) mass is 319 g/mol. The predicted molar refractivity (Wildman–Crippen MR) is 88.7 cm³/mol. The molecule has 1 aliphatic rings. The molecule has 0 spiro atoms. The van der Waals surface area contributed by atoms with E-state index in [0.717, 1.165) is 27.2 Å². The fraction of sp³-hybridized carbons (Fsp3) is 0.375. The summed E-state index contributed by atoms with van der Waals surface area (Å²) in [6, 6.07) is 9.75. The molecule has 5 heteroatoms. The van der Waals surface area contributed by atoms with E-state index in [4.69, 9.17) is 22.3 Å². The number of hydrogen-bond acceptors (Lipinski definition) is 4. The Bertz CT molecular complexity index is 609. The summed E-state index contributed by atoms with van der Waals surface area (Å²) in [5.41, 5.74) is 7.06. The number of rotatable bonds is 4. The van der Waals surface area contributed by atoms with Gasteiger partial charge in [-0.2, -0.15) is 0 Å². The molecule has 0 unspecified atom stereocenters. The van der Waals surface area contributed by atoms with Gasteiger partial charge in [0.2, 0.25) is 0 Å². The SMILES string of the molecule is Nc1cc(C2CCCC2)nc(CSc2ccc(Cl)cc2)n1. The molecular formula is C16H18ClN3S. The number of nitrogens with two attached hydrogens (primary N) is 1. The Morgan fingerprint density at radius 2 is 1.86 bits per heavy atom. The van der Waals surface area contributed by atoms with E-state index in [1.165, 1.54) is 25.7 Å². The lowest BCUT2D eigenvalue weighted by Crippen LogP contribution is -2.05. The number of anilines is 1. The van der Waals surface area contributed by atoms with Crippen LogP contribution in [0.1, 0.15) is 43.1 Å². The summed E-state index contributed by atoms with van der Waals surface area (Å²) in [4.78, 5) is 10.2. The third kappa shape index (κ3) is 3.89. The number of thioether (sulfide) groups is 1. The number of aromatic nitrogens is 2. The van der Waals surface area contributed by atoms with Gasteiger partial charge in [-0.05, 0) is 37.1 Å². The third-order valence-corrected chi connectivity index (χ3v) is 5.03. The zero-order valence-electron chi connectivity index (χ0n) is 11.8. The fourth-order valence-electron chi connectivity index (χ4n) is 2.71. The van der Waals surface area contributed by atoms with Gasteiger partial charge < -0.3 is 5.73 Å². The molecule has 0 atom stereocenters. The number of nitrogens with zero attached hydrogens (tertiary/aromatic N) is 2. The number of benzene rings is 1. The van der Waals surface area contributed by atoms with Crippen LogP contribution in [0.5, 0.6) is 0 Å². The highest BCUT2D eigenvalue weighted by Gasteiger charge is 2.19. The molecule has 21 heavy (non-hydrogen) atoms. The van der Waals surface area contributed by atoms with Crippen LogP contribution in [0, 0.1) is 0 Å². The molecule has 0 aliphatic heterocycles. The van der Waals surface area contributed by atoms with E-state index in [9.17, 15) is 0 Å². The average Bonchev–Trinajstić information content (AvgIpc) is 3.00. The molecule has 110 valence electrons. The molecule has 2 N–H and O–H groups in total. The Morgan fingerprint density at radius 1 is 1.14 bits per heavy atom. The first-order valence-electron chi connectivity index (χ1n) is 7.22. The van der Waals surface area contributed by atoms with E-state index < -0.39 is 0 Å². The van der Waals surface area contributed by atoms with Crippen molar-refractivity contribution >= 4 is 29.2 Å². The average molecular weight is 320 g/mol. The van der Waals surface area contributed by atoms with E-state index in [2.05, 4.69) is 4.98 Å². The number of halogens is 1. The van der Waals surface area contributed by atoms with Crippen molar-refractivity contribution in [1.82, 2.24) is 9.97 Å². The Labute approximate surface area is 134 Å². The molecule has 1 aromatic carbocycles. The van der Waals surface area contributed by atoms with Crippen molar-refractivity contribution in [1.29, 1.82) is 0 Å². The van der Waals surface area contributed by atoms with Gasteiger partial charge in [0, 0.05) is 27.6 Å². The molecule has 0 bridgehead atoms. The number of hydrogen-bond donors (Lipinski definition) is 1. The second-order valence-corrected chi connectivity index (χ2v) is 6.84. The van der Waals surface area contributed by atoms with Crippen molar-refractivity contribution < 1.29 is 0 Å². The van der Waals surface area contributed by atoms with Gasteiger partial charge >= 0.3 is 0 Å². The molecule has 3 nitrogen and oxygen atoms in total. The van der Waals surface area contributed by atoms with E-state index in [-0.39, 0.29) is 0 Å². The molecular weight excluding hydrogens is 302 g/mol. The summed E-state index contributed by atoms with van der Waals surface area (Å²) >= 11 is 7.60. The summed E-state index contributed by atoms with van der Waals surface area (Å²) in [5, 5.41) is 0.753. The lowest BCUT2D eigenvalue weighted by molar-refractivity contribution is 0.689. The summed E-state index contributed by atoms with van der Waals surface area (Å²) in [7, 11) is 0. The zero-order chi connectivity index (χ0) is 14.7. The predicted octanol–water partition coefficient (Wildman–Crippen LogP) is 4.66. The minimum atomic E-state index is 0.564. The highest BCUT2D eigenvalue weighted by atomic mass is 35.5. The van der Waals surface area contributed by atoms with Gasteiger partial charge in [0.1, 0.15) is 11.6 Å². The Morgan fingerprint density at radius 3 is 2.57 bits per heavy atom. The first kappa shape index (κ1) is 14.7. The van der Waals surface area contributed by atoms with Crippen LogP contribution in [0.4, 0.5) is 5.82 Å². The summed E-state index contributed by atoms with van der Waals surface area (Å²) in [6.45, 7) is 0. The van der Waals surface area contributed by atoms with E-state index in [1.807, 2.05) is 30.3 Å². The Hall–Kier alpha value is -1.26. The molecule has 1 saturated carbocycles. The minimum Gasteiger partial charge on any atom is -0.384 e. The smallest absolute Gasteiger partial charge is 0.141 e. The van der Waals surface area contributed by atoms with Crippen LogP contribution in [-0.4, -0.2) is 9.97 Å². The highest BCUT2D eigenvalue weighted by Crippen LogP contribution is 2.34. The van der Waals surface area contributed by atoms with Gasteiger partial charge in [-0.1, -0.05) is 24.4 Å². The maximum atomic E-state index is 5.94. The first-order chi connectivity index (χ1) is 10.2. The second kappa shape index (κ2) is 6.67. The van der Waals surface area contributed by atoms with E-state index >= 15 is 0 Å². The van der Waals surface area contributed by atoms with Gasteiger partial charge in [-0.15, -0.1) is 11.8 Å². The molecule has 1 heterocycles.